The van der Waals surface area contributed by atoms with E-state index in [4.69, 9.17) is 0 Å². The first-order chi connectivity index (χ1) is 11.9. The van der Waals surface area contributed by atoms with Crippen LogP contribution >= 0.6 is 0 Å². The Hall–Kier alpha value is -1.93. The second-order valence-electron chi connectivity index (χ2n) is 7.73. The summed E-state index contributed by atoms with van der Waals surface area (Å²) < 4.78 is 25.2. The lowest BCUT2D eigenvalue weighted by Crippen LogP contribution is -2.43. The van der Waals surface area contributed by atoms with Gasteiger partial charge in [0.2, 0.25) is 21.8 Å². The van der Waals surface area contributed by atoms with Gasteiger partial charge in [0.05, 0.1) is 10.8 Å². The van der Waals surface area contributed by atoms with Gasteiger partial charge in [-0.1, -0.05) is 12.1 Å². The van der Waals surface area contributed by atoms with Crippen LogP contribution in [-0.2, 0) is 26.2 Å². The number of sulfonamides is 1. The molecule has 1 aliphatic heterocycles. The minimum Gasteiger partial charge on any atom is -0.352 e. The Kier molecular flexibility index (Phi) is 5.77. The number of rotatable bonds is 5. The summed E-state index contributed by atoms with van der Waals surface area (Å²) in [6, 6.07) is 6.41. The summed E-state index contributed by atoms with van der Waals surface area (Å²) in [7, 11) is -0.503. The van der Waals surface area contributed by atoms with E-state index in [1.54, 1.807) is 17.0 Å². The van der Waals surface area contributed by atoms with Crippen LogP contribution in [0.4, 0.5) is 0 Å². The highest BCUT2D eigenvalue weighted by molar-refractivity contribution is 7.89. The fourth-order valence-corrected chi connectivity index (χ4v) is 3.76. The van der Waals surface area contributed by atoms with Gasteiger partial charge in [-0.05, 0) is 38.5 Å². The highest BCUT2D eigenvalue weighted by atomic mass is 32.2. The number of carbonyl (C=O) groups excluding carboxylic acids is 2. The number of nitrogens with one attached hydrogen (secondary N) is 1. The summed E-state index contributed by atoms with van der Waals surface area (Å²) in [5, 5.41) is 2.84. The van der Waals surface area contributed by atoms with Crippen LogP contribution in [0.5, 0.6) is 0 Å². The van der Waals surface area contributed by atoms with Gasteiger partial charge < -0.3 is 10.2 Å². The standard InChI is InChI=1S/C18H27N3O4S/c1-18(2,3)21-12-14(10-16(21)22)17(23)19-11-13-6-8-15(9-7-13)26(24,25)20(4)5/h6-9,14H,10-12H2,1-5H3,(H,19,23)/t14-/m1/s1. The van der Waals surface area contributed by atoms with Crippen LogP contribution in [0.1, 0.15) is 32.8 Å². The Labute approximate surface area is 155 Å². The maximum Gasteiger partial charge on any atom is 0.242 e. The first-order valence-electron chi connectivity index (χ1n) is 8.52. The largest absolute Gasteiger partial charge is 0.352 e. The number of hydrogen-bond donors (Lipinski definition) is 1. The van der Waals surface area contributed by atoms with Crippen molar-refractivity contribution in [3.8, 4) is 0 Å². The zero-order chi connectivity index (χ0) is 19.7. The van der Waals surface area contributed by atoms with Crippen LogP contribution in [0.3, 0.4) is 0 Å². The smallest absolute Gasteiger partial charge is 0.242 e. The fraction of sp³-hybridized carbons (Fsp3) is 0.556. The predicted molar refractivity (Wildman–Crippen MR) is 98.7 cm³/mol. The van der Waals surface area contributed by atoms with E-state index in [2.05, 4.69) is 5.32 Å². The Bertz CT molecular complexity index is 780. The van der Waals surface area contributed by atoms with Gasteiger partial charge in [0.15, 0.2) is 0 Å². The Morgan fingerprint density at radius 2 is 1.81 bits per heavy atom. The maximum atomic E-state index is 12.4. The van der Waals surface area contributed by atoms with Crippen LogP contribution in [0.2, 0.25) is 0 Å². The van der Waals surface area contributed by atoms with Crippen LogP contribution in [0, 0.1) is 5.92 Å². The lowest BCUT2D eigenvalue weighted by atomic mass is 10.1. The molecular formula is C18H27N3O4S. The minimum absolute atomic E-state index is 0.00380. The molecule has 0 spiro atoms. The molecule has 0 bridgehead atoms. The van der Waals surface area contributed by atoms with E-state index >= 15 is 0 Å². The van der Waals surface area contributed by atoms with E-state index in [-0.39, 0.29) is 34.6 Å². The van der Waals surface area contributed by atoms with Gasteiger partial charge in [0.25, 0.3) is 0 Å². The number of benzene rings is 1. The van der Waals surface area contributed by atoms with Crippen LogP contribution < -0.4 is 5.32 Å². The zero-order valence-corrected chi connectivity index (χ0v) is 16.8. The van der Waals surface area contributed by atoms with Gasteiger partial charge in [-0.15, -0.1) is 0 Å². The highest BCUT2D eigenvalue weighted by Gasteiger charge is 2.39. The van der Waals surface area contributed by atoms with Crippen molar-refractivity contribution in [1.29, 1.82) is 0 Å². The molecule has 2 rings (SSSR count). The molecule has 1 aromatic rings. The lowest BCUT2D eigenvalue weighted by Gasteiger charge is -2.31. The van der Waals surface area contributed by atoms with E-state index in [1.807, 2.05) is 20.8 Å². The highest BCUT2D eigenvalue weighted by Crippen LogP contribution is 2.26. The van der Waals surface area contributed by atoms with Crippen molar-refractivity contribution < 1.29 is 18.0 Å². The van der Waals surface area contributed by atoms with Crippen LogP contribution in [0.25, 0.3) is 0 Å². The van der Waals surface area contributed by atoms with Crippen molar-refractivity contribution in [3.63, 3.8) is 0 Å². The number of amides is 2. The third-order valence-corrected chi connectivity index (χ3v) is 6.30. The molecule has 1 atom stereocenters. The topological polar surface area (TPSA) is 86.8 Å². The average Bonchev–Trinajstić information content (AvgIpc) is 2.95. The number of likely N-dealkylation sites (tertiary alicyclic amines) is 1. The van der Waals surface area contributed by atoms with Gasteiger partial charge in [0.1, 0.15) is 0 Å². The van der Waals surface area contributed by atoms with E-state index in [1.165, 1.54) is 26.2 Å². The van der Waals surface area contributed by atoms with Crippen molar-refractivity contribution in [2.24, 2.45) is 5.92 Å². The third kappa shape index (κ3) is 4.42. The zero-order valence-electron chi connectivity index (χ0n) is 15.9. The van der Waals surface area contributed by atoms with Crippen molar-refractivity contribution in [2.45, 2.75) is 44.2 Å². The molecule has 0 aliphatic carbocycles. The second kappa shape index (κ2) is 7.36. The predicted octanol–water partition coefficient (Wildman–Crippen LogP) is 1.20. The Morgan fingerprint density at radius 1 is 1.23 bits per heavy atom. The summed E-state index contributed by atoms with van der Waals surface area (Å²) in [6.45, 7) is 6.58. The molecule has 0 saturated carbocycles. The Balaban J connectivity index is 1.95. The minimum atomic E-state index is -3.46. The van der Waals surface area contributed by atoms with Crippen LogP contribution in [-0.4, -0.2) is 55.6 Å². The SMILES string of the molecule is CN(C)S(=O)(=O)c1ccc(CNC(=O)[C@@H]2CC(=O)N(C(C)(C)C)C2)cc1. The van der Waals surface area contributed by atoms with Gasteiger partial charge in [0, 0.05) is 39.1 Å². The maximum absolute atomic E-state index is 12.4. The molecule has 8 heteroatoms. The van der Waals surface area contributed by atoms with E-state index in [0.717, 1.165) is 9.87 Å². The van der Waals surface area contributed by atoms with Crippen molar-refractivity contribution in [3.05, 3.63) is 29.8 Å². The second-order valence-corrected chi connectivity index (χ2v) is 9.88. The van der Waals surface area contributed by atoms with Gasteiger partial charge >= 0.3 is 0 Å². The van der Waals surface area contributed by atoms with E-state index in [9.17, 15) is 18.0 Å². The quantitative estimate of drug-likeness (QED) is 0.830. The average molecular weight is 381 g/mol. The molecule has 0 aromatic heterocycles. The molecule has 26 heavy (non-hydrogen) atoms. The summed E-state index contributed by atoms with van der Waals surface area (Å²) in [5.41, 5.74) is 0.507. The molecule has 7 nitrogen and oxygen atoms in total. The summed E-state index contributed by atoms with van der Waals surface area (Å²) in [6.07, 6.45) is 0.225. The third-order valence-electron chi connectivity index (χ3n) is 4.47. The molecular weight excluding hydrogens is 354 g/mol. The molecule has 2 amide bonds. The van der Waals surface area contributed by atoms with Crippen molar-refractivity contribution >= 4 is 21.8 Å². The molecule has 1 N–H and O–H groups in total. The molecule has 1 aliphatic rings. The first-order valence-corrected chi connectivity index (χ1v) is 9.96. The normalized spacial score (nSPS) is 18.5. The van der Waals surface area contributed by atoms with Gasteiger partial charge in [-0.25, -0.2) is 12.7 Å². The monoisotopic (exact) mass is 381 g/mol. The van der Waals surface area contributed by atoms with Gasteiger partial charge in [-0.3, -0.25) is 9.59 Å². The molecule has 1 fully saturated rings. The molecule has 0 radical (unpaired) electrons. The molecule has 1 saturated heterocycles. The number of hydrogen-bond acceptors (Lipinski definition) is 4. The first kappa shape index (κ1) is 20.4. The lowest BCUT2D eigenvalue weighted by molar-refractivity contribution is -0.132. The summed E-state index contributed by atoms with van der Waals surface area (Å²) in [5.74, 6) is -0.513. The molecule has 144 valence electrons. The molecule has 1 heterocycles. The van der Waals surface area contributed by atoms with E-state index < -0.39 is 10.0 Å². The summed E-state index contributed by atoms with van der Waals surface area (Å²) >= 11 is 0. The van der Waals surface area contributed by atoms with Crippen molar-refractivity contribution in [2.75, 3.05) is 20.6 Å². The number of carbonyl (C=O) groups is 2. The van der Waals surface area contributed by atoms with Crippen molar-refractivity contribution in [1.82, 2.24) is 14.5 Å². The van der Waals surface area contributed by atoms with Crippen LogP contribution in [0.15, 0.2) is 29.2 Å². The van der Waals surface area contributed by atoms with E-state index in [0.29, 0.717) is 13.1 Å². The Morgan fingerprint density at radius 3 is 2.27 bits per heavy atom. The summed E-state index contributed by atoms with van der Waals surface area (Å²) in [4.78, 5) is 26.4. The fourth-order valence-electron chi connectivity index (χ4n) is 2.85. The van der Waals surface area contributed by atoms with Gasteiger partial charge in [-0.2, -0.15) is 0 Å². The molecule has 1 aromatic carbocycles. The number of nitrogens with zero attached hydrogens (tertiary/aromatic N) is 2. The molecule has 0 unspecified atom stereocenters.